The smallest absolute Gasteiger partial charge is 0.334 e. The molecule has 0 aromatic carbocycles. The Labute approximate surface area is 228 Å². The van der Waals surface area contributed by atoms with Crippen LogP contribution in [0, 0.1) is 28.6 Å². The summed E-state index contributed by atoms with van der Waals surface area (Å²) in [7, 11) is 0. The predicted molar refractivity (Wildman–Crippen MR) is 139 cm³/mol. The highest BCUT2D eigenvalue weighted by atomic mass is 16.6. The second kappa shape index (κ2) is 8.83. The van der Waals surface area contributed by atoms with Crippen molar-refractivity contribution in [3.05, 3.63) is 34.9 Å². The van der Waals surface area contributed by atoms with Crippen LogP contribution in [-0.2, 0) is 23.9 Å². The minimum atomic E-state index is -1.72. The molecular weight excluding hydrogens is 504 g/mol. The Hall–Kier alpha value is -2.33. The summed E-state index contributed by atoms with van der Waals surface area (Å²) in [5.41, 5.74) is -4.17. The van der Waals surface area contributed by atoms with E-state index in [4.69, 9.17) is 9.47 Å². The highest BCUT2D eigenvalue weighted by molar-refractivity contribution is 5.97. The number of rotatable bonds is 3. The number of carbonyl (C=O) groups is 3. The van der Waals surface area contributed by atoms with Crippen LogP contribution in [0.25, 0.3) is 0 Å². The van der Waals surface area contributed by atoms with E-state index in [1.54, 1.807) is 32.9 Å². The van der Waals surface area contributed by atoms with Crippen molar-refractivity contribution in [2.24, 2.45) is 28.6 Å². The largest absolute Gasteiger partial charge is 0.455 e. The molecule has 4 N–H and O–H groups in total. The molecule has 0 aromatic rings. The van der Waals surface area contributed by atoms with Crippen LogP contribution in [-0.4, -0.2) is 73.8 Å². The van der Waals surface area contributed by atoms with Crippen molar-refractivity contribution in [2.45, 2.75) is 103 Å². The summed E-state index contributed by atoms with van der Waals surface area (Å²) in [6.07, 6.45) is 1.39. The number of esters is 2. The fourth-order valence-electron chi connectivity index (χ4n) is 8.75. The normalized spacial score (nSPS) is 48.0. The zero-order valence-electron chi connectivity index (χ0n) is 23.4. The standard InChI is InChI=1S/C30H40O9/c1-14-15(2)26(35)39-25(24(14)34)16(3)19-13-23(38-17(4)31)30(37)20-12-22(33)29(36)10-7-8-21(32)28(29,6)18(20)9-11-27(19,30)5/h7-8,13,16,18,20,22-25,33-34,36-37H,9-12H2,1-6H3/t16-,18-,20+,22+,23-,24-,25-,27+,28-,29-,30-/m0/s1. The number of ketones is 1. The summed E-state index contributed by atoms with van der Waals surface area (Å²) in [5, 5.41) is 46.8. The van der Waals surface area contributed by atoms with Crippen LogP contribution in [0.15, 0.2) is 34.9 Å². The average Bonchev–Trinajstić information content (AvgIpc) is 3.09. The first-order chi connectivity index (χ1) is 18.1. The molecule has 0 aromatic heterocycles. The molecule has 9 heteroatoms. The number of cyclic esters (lactones) is 1. The van der Waals surface area contributed by atoms with Crippen LogP contribution in [0.4, 0.5) is 0 Å². The van der Waals surface area contributed by atoms with E-state index in [-0.39, 0.29) is 18.6 Å². The van der Waals surface area contributed by atoms with Crippen molar-refractivity contribution in [3.8, 4) is 0 Å². The van der Waals surface area contributed by atoms with Crippen LogP contribution in [0.2, 0.25) is 0 Å². The van der Waals surface area contributed by atoms with Crippen molar-refractivity contribution >= 4 is 17.7 Å². The first-order valence-electron chi connectivity index (χ1n) is 13.8. The Kier molecular flexibility index (Phi) is 6.39. The van der Waals surface area contributed by atoms with Crippen molar-refractivity contribution in [2.75, 3.05) is 0 Å². The number of fused-ring (bicyclic) bond motifs is 5. The summed E-state index contributed by atoms with van der Waals surface area (Å²) in [6.45, 7) is 9.91. The molecule has 0 saturated heterocycles. The Balaban J connectivity index is 1.60. The fourth-order valence-corrected chi connectivity index (χ4v) is 8.75. The van der Waals surface area contributed by atoms with E-state index in [9.17, 15) is 34.8 Å². The number of hydrogen-bond donors (Lipinski definition) is 4. The lowest BCUT2D eigenvalue weighted by Gasteiger charge is -2.65. The Morgan fingerprint density at radius 2 is 1.82 bits per heavy atom. The second-order valence-corrected chi connectivity index (χ2v) is 12.8. The highest BCUT2D eigenvalue weighted by Gasteiger charge is 2.75. The van der Waals surface area contributed by atoms with Gasteiger partial charge in [-0.1, -0.05) is 25.5 Å². The summed E-state index contributed by atoms with van der Waals surface area (Å²) in [6, 6.07) is 0. The fraction of sp³-hybridized carbons (Fsp3) is 0.700. The van der Waals surface area contributed by atoms with Gasteiger partial charge in [-0.15, -0.1) is 0 Å². The molecule has 0 radical (unpaired) electrons. The van der Waals surface area contributed by atoms with E-state index in [0.717, 1.165) is 0 Å². The van der Waals surface area contributed by atoms with Crippen LogP contribution in [0.3, 0.4) is 0 Å². The van der Waals surface area contributed by atoms with Gasteiger partial charge in [0.15, 0.2) is 5.78 Å². The molecule has 0 bridgehead atoms. The molecule has 11 atom stereocenters. The molecule has 5 aliphatic rings. The van der Waals surface area contributed by atoms with E-state index in [1.807, 2.05) is 13.8 Å². The molecule has 5 rings (SSSR count). The van der Waals surface area contributed by atoms with E-state index >= 15 is 0 Å². The lowest BCUT2D eigenvalue weighted by molar-refractivity contribution is -0.273. The highest BCUT2D eigenvalue weighted by Crippen LogP contribution is 2.69. The number of carbonyl (C=O) groups excluding carboxylic acids is 3. The average molecular weight is 545 g/mol. The van der Waals surface area contributed by atoms with E-state index in [1.165, 1.54) is 13.0 Å². The maximum Gasteiger partial charge on any atom is 0.334 e. The number of aliphatic hydroxyl groups excluding tert-OH is 2. The molecule has 2 saturated carbocycles. The third-order valence-electron chi connectivity index (χ3n) is 11.3. The molecule has 1 aliphatic heterocycles. The summed E-state index contributed by atoms with van der Waals surface area (Å²) < 4.78 is 11.4. The van der Waals surface area contributed by atoms with E-state index in [2.05, 4.69) is 0 Å². The van der Waals surface area contributed by atoms with Crippen LogP contribution >= 0.6 is 0 Å². The molecule has 1 heterocycles. The number of hydrogen-bond acceptors (Lipinski definition) is 9. The summed E-state index contributed by atoms with van der Waals surface area (Å²) >= 11 is 0. The molecule has 9 nitrogen and oxygen atoms in total. The molecule has 0 spiro atoms. The number of ether oxygens (including phenoxy) is 2. The molecule has 2 fully saturated rings. The third-order valence-corrected chi connectivity index (χ3v) is 11.3. The molecule has 214 valence electrons. The van der Waals surface area contributed by atoms with Gasteiger partial charge in [-0.3, -0.25) is 9.59 Å². The molecule has 0 unspecified atom stereocenters. The number of allylic oxidation sites excluding steroid dienone is 1. The first-order valence-corrected chi connectivity index (χ1v) is 13.8. The van der Waals surface area contributed by atoms with Gasteiger partial charge in [-0.2, -0.15) is 0 Å². The Morgan fingerprint density at radius 1 is 1.15 bits per heavy atom. The predicted octanol–water partition coefficient (Wildman–Crippen LogP) is 1.91. The van der Waals surface area contributed by atoms with Gasteiger partial charge in [-0.05, 0) is 76.0 Å². The Morgan fingerprint density at radius 3 is 2.46 bits per heavy atom. The van der Waals surface area contributed by atoms with Crippen molar-refractivity contribution < 1.29 is 44.3 Å². The molecule has 0 amide bonds. The van der Waals surface area contributed by atoms with Crippen molar-refractivity contribution in [1.29, 1.82) is 0 Å². The third kappa shape index (κ3) is 3.42. The molecule has 4 aliphatic carbocycles. The van der Waals surface area contributed by atoms with Gasteiger partial charge in [0.25, 0.3) is 0 Å². The van der Waals surface area contributed by atoms with Crippen LogP contribution < -0.4 is 0 Å². The van der Waals surface area contributed by atoms with Crippen molar-refractivity contribution in [3.63, 3.8) is 0 Å². The monoisotopic (exact) mass is 544 g/mol. The van der Waals surface area contributed by atoms with Gasteiger partial charge in [0, 0.05) is 23.8 Å². The van der Waals surface area contributed by atoms with Gasteiger partial charge in [0.2, 0.25) is 0 Å². The van der Waals surface area contributed by atoms with Gasteiger partial charge in [0.05, 0.1) is 11.5 Å². The van der Waals surface area contributed by atoms with Crippen LogP contribution in [0.5, 0.6) is 0 Å². The van der Waals surface area contributed by atoms with Gasteiger partial charge in [-0.25, -0.2) is 4.79 Å². The molecular formula is C30H40O9. The lowest BCUT2D eigenvalue weighted by Crippen LogP contribution is -2.74. The number of aliphatic hydroxyl groups is 4. The lowest BCUT2D eigenvalue weighted by atomic mass is 9.41. The van der Waals surface area contributed by atoms with Gasteiger partial charge >= 0.3 is 11.9 Å². The van der Waals surface area contributed by atoms with Crippen LogP contribution in [0.1, 0.15) is 67.2 Å². The minimum Gasteiger partial charge on any atom is -0.455 e. The van der Waals surface area contributed by atoms with Crippen molar-refractivity contribution in [1.82, 2.24) is 0 Å². The molecule has 39 heavy (non-hydrogen) atoms. The van der Waals surface area contributed by atoms with Gasteiger partial charge in [0.1, 0.15) is 29.5 Å². The maximum atomic E-state index is 13.4. The Bertz CT molecular complexity index is 1220. The SMILES string of the molecule is CC(=O)O[C@H]1C=C([C@H](C)[C@@H]2OC(=O)C(C)=C(C)[C@@H]2O)[C@@]2(C)CC[C@H]3[C@@H](C[C@@H](O)[C@@]4(O)CC=CC(=O)[C@]34C)[C@]12O. The van der Waals surface area contributed by atoms with Gasteiger partial charge < -0.3 is 29.9 Å². The zero-order chi connectivity index (χ0) is 28.9. The second-order valence-electron chi connectivity index (χ2n) is 12.8. The zero-order valence-corrected chi connectivity index (χ0v) is 23.4. The minimum absolute atomic E-state index is 0.0132. The van der Waals surface area contributed by atoms with E-state index in [0.29, 0.717) is 29.6 Å². The quantitative estimate of drug-likeness (QED) is 0.309. The summed E-state index contributed by atoms with van der Waals surface area (Å²) in [5.74, 6) is -3.14. The maximum absolute atomic E-state index is 13.4. The van der Waals surface area contributed by atoms with E-state index < -0.39 is 76.1 Å². The summed E-state index contributed by atoms with van der Waals surface area (Å²) in [4.78, 5) is 38.2. The first kappa shape index (κ1) is 28.2. The topological polar surface area (TPSA) is 151 Å².